The molecule has 0 radical (unpaired) electrons. The molecule has 1 N–H and O–H groups in total. The Morgan fingerprint density at radius 1 is 1.04 bits per heavy atom. The molecule has 0 saturated carbocycles. The lowest BCUT2D eigenvalue weighted by atomic mass is 9.88. The van der Waals surface area contributed by atoms with Crippen LogP contribution in [0.25, 0.3) is 0 Å². The maximum atomic E-state index is 12.7. The van der Waals surface area contributed by atoms with Gasteiger partial charge in [-0.05, 0) is 42.9 Å². The van der Waals surface area contributed by atoms with Gasteiger partial charge in [-0.15, -0.1) is 0 Å². The minimum absolute atomic E-state index is 0.0964. The zero-order valence-corrected chi connectivity index (χ0v) is 17.0. The van der Waals surface area contributed by atoms with Gasteiger partial charge in [0.15, 0.2) is 5.54 Å². The highest BCUT2D eigenvalue weighted by Crippen LogP contribution is 2.30. The molecular formula is C23H29NO4. The van der Waals surface area contributed by atoms with E-state index in [1.54, 1.807) is 26.0 Å². The van der Waals surface area contributed by atoms with Crippen molar-refractivity contribution in [3.8, 4) is 0 Å². The molecule has 0 spiro atoms. The van der Waals surface area contributed by atoms with E-state index in [1.165, 1.54) is 4.90 Å². The van der Waals surface area contributed by atoms with Gasteiger partial charge < -0.3 is 9.84 Å². The van der Waals surface area contributed by atoms with Gasteiger partial charge in [0.1, 0.15) is 6.61 Å². The van der Waals surface area contributed by atoms with Crippen LogP contribution in [0.3, 0.4) is 0 Å². The Kier molecular flexibility index (Phi) is 7.21. The summed E-state index contributed by atoms with van der Waals surface area (Å²) in [6, 6.07) is 16.8. The van der Waals surface area contributed by atoms with Gasteiger partial charge >= 0.3 is 12.1 Å². The molecular weight excluding hydrogens is 354 g/mol. The van der Waals surface area contributed by atoms with Crippen molar-refractivity contribution in [3.05, 3.63) is 71.3 Å². The first kappa shape index (κ1) is 21.5. The summed E-state index contributed by atoms with van der Waals surface area (Å²) >= 11 is 0. The Bertz CT molecular complexity index is 786. The van der Waals surface area contributed by atoms with E-state index in [-0.39, 0.29) is 13.2 Å². The zero-order valence-electron chi connectivity index (χ0n) is 17.0. The first-order chi connectivity index (χ1) is 13.3. The van der Waals surface area contributed by atoms with E-state index >= 15 is 0 Å². The fraction of sp³-hybridized carbons (Fsp3) is 0.391. The van der Waals surface area contributed by atoms with Crippen molar-refractivity contribution in [1.82, 2.24) is 4.90 Å². The molecule has 0 heterocycles. The molecule has 0 fully saturated rings. The molecule has 150 valence electrons. The number of nitrogens with zero attached hydrogens (tertiary/aromatic N) is 1. The molecule has 5 nitrogen and oxygen atoms in total. The number of ether oxygens (including phenoxy) is 1. The van der Waals surface area contributed by atoms with E-state index in [2.05, 4.69) is 13.8 Å². The average molecular weight is 383 g/mol. The molecule has 0 aliphatic carbocycles. The summed E-state index contributed by atoms with van der Waals surface area (Å²) in [6.45, 7) is 7.87. The smallest absolute Gasteiger partial charge is 0.411 e. The van der Waals surface area contributed by atoms with Gasteiger partial charge in [-0.1, -0.05) is 68.4 Å². The summed E-state index contributed by atoms with van der Waals surface area (Å²) in [6.07, 6.45) is 0.267. The Morgan fingerprint density at radius 2 is 1.64 bits per heavy atom. The van der Waals surface area contributed by atoms with E-state index in [4.69, 9.17) is 4.74 Å². The van der Waals surface area contributed by atoms with Gasteiger partial charge in [-0.2, -0.15) is 0 Å². The minimum atomic E-state index is -1.51. The van der Waals surface area contributed by atoms with Gasteiger partial charge in [0.05, 0.1) is 0 Å². The second-order valence-electron chi connectivity index (χ2n) is 7.46. The minimum Gasteiger partial charge on any atom is -0.479 e. The van der Waals surface area contributed by atoms with E-state index < -0.39 is 17.6 Å². The molecule has 0 aliphatic heterocycles. The number of carbonyl (C=O) groups excluding carboxylic acids is 1. The van der Waals surface area contributed by atoms with Gasteiger partial charge in [0, 0.05) is 6.54 Å². The Morgan fingerprint density at radius 3 is 2.14 bits per heavy atom. The van der Waals surface area contributed by atoms with Gasteiger partial charge in [0.25, 0.3) is 0 Å². The van der Waals surface area contributed by atoms with Crippen molar-refractivity contribution in [2.45, 2.75) is 46.3 Å². The zero-order chi connectivity index (χ0) is 20.7. The van der Waals surface area contributed by atoms with E-state index in [0.29, 0.717) is 11.5 Å². The highest BCUT2D eigenvalue weighted by atomic mass is 16.6. The van der Waals surface area contributed by atoms with E-state index in [1.807, 2.05) is 42.5 Å². The Balaban J connectivity index is 2.24. The Labute approximate surface area is 166 Å². The SMILES string of the molecule is CCN(C(=O)OCc1ccccc1)C(C)(C(=O)O)c1ccc(CC(C)C)cc1. The summed E-state index contributed by atoms with van der Waals surface area (Å²) < 4.78 is 5.40. The number of benzene rings is 2. The van der Waals surface area contributed by atoms with Gasteiger partial charge in [-0.25, -0.2) is 9.59 Å². The molecule has 1 amide bonds. The predicted molar refractivity (Wildman–Crippen MR) is 109 cm³/mol. The molecule has 0 aromatic heterocycles. The molecule has 2 rings (SSSR count). The summed E-state index contributed by atoms with van der Waals surface area (Å²) in [5.74, 6) is -0.584. The molecule has 0 aliphatic rings. The van der Waals surface area contributed by atoms with Crippen molar-refractivity contribution >= 4 is 12.1 Å². The largest absolute Gasteiger partial charge is 0.479 e. The molecule has 28 heavy (non-hydrogen) atoms. The lowest BCUT2D eigenvalue weighted by Crippen LogP contribution is -2.52. The molecule has 0 saturated heterocycles. The topological polar surface area (TPSA) is 66.8 Å². The number of hydrogen-bond donors (Lipinski definition) is 1. The number of aliphatic carboxylic acids is 1. The van der Waals surface area contributed by atoms with Crippen LogP contribution in [0, 0.1) is 5.92 Å². The molecule has 1 unspecified atom stereocenters. The summed E-state index contributed by atoms with van der Waals surface area (Å²) in [4.78, 5) is 26.2. The second kappa shape index (κ2) is 9.40. The van der Waals surface area contributed by atoms with Crippen LogP contribution in [0.5, 0.6) is 0 Å². The summed E-state index contributed by atoms with van der Waals surface area (Å²) in [7, 11) is 0. The highest BCUT2D eigenvalue weighted by molar-refractivity contribution is 5.85. The molecule has 5 heteroatoms. The van der Waals surface area contributed by atoms with Crippen LogP contribution >= 0.6 is 0 Å². The standard InChI is InChI=1S/C23H29NO4/c1-5-24(22(27)28-16-19-9-7-6-8-10-19)23(4,21(25)26)20-13-11-18(12-14-20)15-17(2)3/h6-14,17H,5,15-16H2,1-4H3,(H,25,26). The number of carboxylic acids is 1. The number of likely N-dealkylation sites (N-methyl/N-ethyl adjacent to an activating group) is 1. The number of carbonyl (C=O) groups is 2. The van der Waals surface area contributed by atoms with Gasteiger partial charge in [0.2, 0.25) is 0 Å². The number of rotatable bonds is 8. The van der Waals surface area contributed by atoms with Crippen molar-refractivity contribution < 1.29 is 19.4 Å². The third-order valence-corrected chi connectivity index (χ3v) is 4.86. The number of amides is 1. The lowest BCUT2D eigenvalue weighted by molar-refractivity contribution is -0.150. The van der Waals surface area contributed by atoms with Crippen molar-refractivity contribution in [2.75, 3.05) is 6.54 Å². The van der Waals surface area contributed by atoms with Crippen LogP contribution in [-0.2, 0) is 28.1 Å². The average Bonchev–Trinajstić information content (AvgIpc) is 2.67. The third-order valence-electron chi connectivity index (χ3n) is 4.86. The van der Waals surface area contributed by atoms with Crippen LogP contribution in [0.1, 0.15) is 44.4 Å². The molecule has 2 aromatic carbocycles. The molecule has 2 aromatic rings. The molecule has 0 bridgehead atoms. The van der Waals surface area contributed by atoms with Crippen LogP contribution in [-0.4, -0.2) is 28.6 Å². The monoisotopic (exact) mass is 383 g/mol. The van der Waals surface area contributed by atoms with Crippen molar-refractivity contribution in [2.24, 2.45) is 5.92 Å². The lowest BCUT2D eigenvalue weighted by Gasteiger charge is -2.37. The van der Waals surface area contributed by atoms with Crippen molar-refractivity contribution in [3.63, 3.8) is 0 Å². The normalized spacial score (nSPS) is 13.0. The fourth-order valence-corrected chi connectivity index (χ4v) is 3.26. The summed E-state index contributed by atoms with van der Waals surface area (Å²) in [5.41, 5.74) is 1.02. The maximum absolute atomic E-state index is 12.7. The molecule has 1 atom stereocenters. The maximum Gasteiger partial charge on any atom is 0.411 e. The van der Waals surface area contributed by atoms with E-state index in [9.17, 15) is 14.7 Å². The Hall–Kier alpha value is -2.82. The second-order valence-corrected chi connectivity index (χ2v) is 7.46. The highest BCUT2D eigenvalue weighted by Gasteiger charge is 2.44. The van der Waals surface area contributed by atoms with Crippen LogP contribution in [0.2, 0.25) is 0 Å². The predicted octanol–water partition coefficient (Wildman–Crippen LogP) is 4.84. The first-order valence-electron chi connectivity index (χ1n) is 9.60. The van der Waals surface area contributed by atoms with Gasteiger partial charge in [-0.3, -0.25) is 4.90 Å². The first-order valence-corrected chi connectivity index (χ1v) is 9.60. The number of hydrogen-bond acceptors (Lipinski definition) is 3. The van der Waals surface area contributed by atoms with E-state index in [0.717, 1.165) is 17.5 Å². The summed E-state index contributed by atoms with van der Waals surface area (Å²) in [5, 5.41) is 9.99. The van der Waals surface area contributed by atoms with Crippen molar-refractivity contribution in [1.29, 1.82) is 0 Å². The number of carboxylic acid groups (broad SMARTS) is 1. The van der Waals surface area contributed by atoms with Crippen LogP contribution in [0.15, 0.2) is 54.6 Å². The van der Waals surface area contributed by atoms with Crippen LogP contribution in [0.4, 0.5) is 4.79 Å². The quantitative estimate of drug-likeness (QED) is 0.708. The fourth-order valence-electron chi connectivity index (χ4n) is 3.26. The van der Waals surface area contributed by atoms with Crippen LogP contribution < -0.4 is 0 Å². The third kappa shape index (κ3) is 4.91.